The molecular formula is C17H25N3. The van der Waals surface area contributed by atoms with E-state index < -0.39 is 0 Å². The van der Waals surface area contributed by atoms with Crippen molar-refractivity contribution in [2.75, 3.05) is 7.05 Å². The summed E-state index contributed by atoms with van der Waals surface area (Å²) in [7, 11) is 3.98. The second-order valence-corrected chi connectivity index (χ2v) is 6.36. The van der Waals surface area contributed by atoms with Gasteiger partial charge in [0.1, 0.15) is 0 Å². The van der Waals surface area contributed by atoms with E-state index in [1.165, 1.54) is 11.1 Å². The molecule has 0 spiro atoms. The Morgan fingerprint density at radius 3 is 2.45 bits per heavy atom. The predicted octanol–water partition coefficient (Wildman–Crippen LogP) is 3.22. The summed E-state index contributed by atoms with van der Waals surface area (Å²) in [4.78, 5) is 0. The van der Waals surface area contributed by atoms with Gasteiger partial charge in [-0.15, -0.1) is 0 Å². The molecule has 0 bridgehead atoms. The number of hydrogen-bond donors (Lipinski definition) is 1. The van der Waals surface area contributed by atoms with Crippen molar-refractivity contribution in [1.82, 2.24) is 15.1 Å². The normalized spacial score (nSPS) is 13.4. The summed E-state index contributed by atoms with van der Waals surface area (Å²) >= 11 is 0. The molecule has 0 fully saturated rings. The van der Waals surface area contributed by atoms with Gasteiger partial charge in [-0.05, 0) is 29.7 Å². The molecule has 2 aromatic rings. The van der Waals surface area contributed by atoms with E-state index in [9.17, 15) is 0 Å². The van der Waals surface area contributed by atoms with Gasteiger partial charge < -0.3 is 5.32 Å². The van der Waals surface area contributed by atoms with Crippen LogP contribution in [0.2, 0.25) is 0 Å². The summed E-state index contributed by atoms with van der Waals surface area (Å²) in [6, 6.07) is 11.1. The van der Waals surface area contributed by atoms with Crippen LogP contribution in [0, 0.1) is 0 Å². The number of likely N-dealkylation sites (N-methyl/N-ethyl adjacent to an activating group) is 1. The first-order valence-corrected chi connectivity index (χ1v) is 7.17. The molecule has 0 saturated carbocycles. The summed E-state index contributed by atoms with van der Waals surface area (Å²) in [5.41, 5.74) is 4.04. The fourth-order valence-electron chi connectivity index (χ4n) is 2.63. The number of aryl methyl sites for hydroxylation is 1. The summed E-state index contributed by atoms with van der Waals surface area (Å²) in [6.07, 6.45) is 2.90. The zero-order chi connectivity index (χ0) is 14.8. The molecule has 1 unspecified atom stereocenters. The topological polar surface area (TPSA) is 29.9 Å². The Morgan fingerprint density at radius 1 is 1.20 bits per heavy atom. The highest BCUT2D eigenvalue weighted by atomic mass is 15.2. The number of rotatable bonds is 4. The minimum atomic E-state index is 0.149. The lowest BCUT2D eigenvalue weighted by atomic mass is 9.81. The third-order valence-electron chi connectivity index (χ3n) is 3.67. The van der Waals surface area contributed by atoms with Crippen LogP contribution >= 0.6 is 0 Å². The van der Waals surface area contributed by atoms with Crippen molar-refractivity contribution < 1.29 is 0 Å². The zero-order valence-corrected chi connectivity index (χ0v) is 13.1. The minimum Gasteiger partial charge on any atom is -0.313 e. The smallest absolute Gasteiger partial charge is 0.0643 e. The molecule has 20 heavy (non-hydrogen) atoms. The maximum Gasteiger partial charge on any atom is 0.0643 e. The van der Waals surface area contributed by atoms with Gasteiger partial charge in [0, 0.05) is 25.7 Å². The van der Waals surface area contributed by atoms with Gasteiger partial charge in [0.15, 0.2) is 0 Å². The van der Waals surface area contributed by atoms with Crippen LogP contribution in [0.3, 0.4) is 0 Å². The fraction of sp³-hybridized carbons (Fsp3) is 0.471. The summed E-state index contributed by atoms with van der Waals surface area (Å²) in [5.74, 6) is 0. The highest BCUT2D eigenvalue weighted by molar-refractivity contribution is 5.35. The van der Waals surface area contributed by atoms with Crippen molar-refractivity contribution in [3.8, 4) is 0 Å². The molecule has 108 valence electrons. The van der Waals surface area contributed by atoms with E-state index in [0.29, 0.717) is 6.04 Å². The molecular weight excluding hydrogens is 246 g/mol. The second-order valence-electron chi connectivity index (χ2n) is 6.36. The van der Waals surface area contributed by atoms with Crippen LogP contribution in [0.4, 0.5) is 0 Å². The summed E-state index contributed by atoms with van der Waals surface area (Å²) in [5, 5.41) is 7.93. The highest BCUT2D eigenvalue weighted by Gasteiger charge is 2.22. The molecule has 1 N–H and O–H groups in total. The van der Waals surface area contributed by atoms with Gasteiger partial charge in [0.2, 0.25) is 0 Å². The van der Waals surface area contributed by atoms with Crippen molar-refractivity contribution in [3.63, 3.8) is 0 Å². The van der Waals surface area contributed by atoms with Crippen molar-refractivity contribution >= 4 is 0 Å². The first kappa shape index (κ1) is 14.8. The fourth-order valence-corrected chi connectivity index (χ4v) is 2.63. The van der Waals surface area contributed by atoms with Crippen molar-refractivity contribution in [3.05, 3.63) is 53.3 Å². The maximum absolute atomic E-state index is 4.49. The van der Waals surface area contributed by atoms with E-state index in [4.69, 9.17) is 0 Å². The van der Waals surface area contributed by atoms with Crippen molar-refractivity contribution in [2.45, 2.75) is 38.6 Å². The minimum absolute atomic E-state index is 0.149. The van der Waals surface area contributed by atoms with Crippen LogP contribution in [0.1, 0.15) is 43.6 Å². The molecule has 0 aliphatic carbocycles. The standard InChI is InChI=1S/C17H25N3/c1-17(2,3)15-9-7-6-8-14(15)16(18-4)12-13-10-11-20(5)19-13/h6-11,16,18H,12H2,1-5H3. The van der Waals surface area contributed by atoms with Crippen LogP contribution in [0.25, 0.3) is 0 Å². The summed E-state index contributed by atoms with van der Waals surface area (Å²) < 4.78 is 1.86. The van der Waals surface area contributed by atoms with E-state index in [0.717, 1.165) is 12.1 Å². The van der Waals surface area contributed by atoms with E-state index in [2.05, 4.69) is 61.5 Å². The summed E-state index contributed by atoms with van der Waals surface area (Å²) in [6.45, 7) is 6.79. The van der Waals surface area contributed by atoms with Crippen molar-refractivity contribution in [2.24, 2.45) is 7.05 Å². The molecule has 1 heterocycles. The number of hydrogen-bond acceptors (Lipinski definition) is 2. The van der Waals surface area contributed by atoms with Gasteiger partial charge in [-0.25, -0.2) is 0 Å². The Hall–Kier alpha value is -1.61. The number of benzene rings is 1. The first-order chi connectivity index (χ1) is 9.41. The van der Waals surface area contributed by atoms with Gasteiger partial charge in [-0.2, -0.15) is 5.10 Å². The Balaban J connectivity index is 2.32. The third-order valence-corrected chi connectivity index (χ3v) is 3.67. The number of aromatic nitrogens is 2. The highest BCUT2D eigenvalue weighted by Crippen LogP contribution is 2.30. The SMILES string of the molecule is CNC(Cc1ccn(C)n1)c1ccccc1C(C)(C)C. The molecule has 0 aliphatic rings. The van der Waals surface area contributed by atoms with Crippen LogP contribution in [0.5, 0.6) is 0 Å². The van der Waals surface area contributed by atoms with E-state index in [1.807, 2.05) is 25.0 Å². The largest absolute Gasteiger partial charge is 0.313 e. The molecule has 0 saturated heterocycles. The molecule has 1 aromatic carbocycles. The van der Waals surface area contributed by atoms with Crippen LogP contribution < -0.4 is 5.32 Å². The first-order valence-electron chi connectivity index (χ1n) is 7.17. The monoisotopic (exact) mass is 271 g/mol. The maximum atomic E-state index is 4.49. The second kappa shape index (κ2) is 5.80. The van der Waals surface area contributed by atoms with Crippen LogP contribution in [-0.2, 0) is 18.9 Å². The Kier molecular flexibility index (Phi) is 4.29. The molecule has 1 aromatic heterocycles. The average molecular weight is 271 g/mol. The Bertz CT molecular complexity index is 564. The average Bonchev–Trinajstić information content (AvgIpc) is 2.80. The molecule has 0 radical (unpaired) electrons. The quantitative estimate of drug-likeness (QED) is 0.925. The van der Waals surface area contributed by atoms with Gasteiger partial charge in [-0.3, -0.25) is 4.68 Å². The molecule has 2 rings (SSSR count). The van der Waals surface area contributed by atoms with Gasteiger partial charge in [0.05, 0.1) is 5.69 Å². The van der Waals surface area contributed by atoms with E-state index in [1.54, 1.807) is 0 Å². The molecule has 0 aliphatic heterocycles. The molecule has 3 nitrogen and oxygen atoms in total. The van der Waals surface area contributed by atoms with Gasteiger partial charge >= 0.3 is 0 Å². The molecule has 3 heteroatoms. The Morgan fingerprint density at radius 2 is 1.90 bits per heavy atom. The van der Waals surface area contributed by atoms with Crippen LogP contribution in [0.15, 0.2) is 36.5 Å². The molecule has 1 atom stereocenters. The zero-order valence-electron chi connectivity index (χ0n) is 13.1. The van der Waals surface area contributed by atoms with Gasteiger partial charge in [-0.1, -0.05) is 45.0 Å². The van der Waals surface area contributed by atoms with Crippen molar-refractivity contribution in [1.29, 1.82) is 0 Å². The van der Waals surface area contributed by atoms with E-state index >= 15 is 0 Å². The lowest BCUT2D eigenvalue weighted by molar-refractivity contribution is 0.533. The lowest BCUT2D eigenvalue weighted by Crippen LogP contribution is -2.24. The van der Waals surface area contributed by atoms with Gasteiger partial charge in [0.25, 0.3) is 0 Å². The predicted molar refractivity (Wildman–Crippen MR) is 83.9 cm³/mol. The molecule has 0 amide bonds. The lowest BCUT2D eigenvalue weighted by Gasteiger charge is -2.27. The third kappa shape index (κ3) is 3.28. The number of nitrogens with zero attached hydrogens (tertiary/aromatic N) is 2. The Labute approximate surface area is 122 Å². The number of nitrogens with one attached hydrogen (secondary N) is 1. The van der Waals surface area contributed by atoms with Crippen LogP contribution in [-0.4, -0.2) is 16.8 Å². The van der Waals surface area contributed by atoms with E-state index in [-0.39, 0.29) is 5.41 Å².